The fourth-order valence-corrected chi connectivity index (χ4v) is 1.40. The van der Waals surface area contributed by atoms with Gasteiger partial charge in [0, 0.05) is 0 Å². The molecule has 2 N–H and O–H groups in total. The summed E-state index contributed by atoms with van der Waals surface area (Å²) in [6.45, 7) is -0.454. The number of aliphatic hydroxyl groups excluding tert-OH is 1. The summed E-state index contributed by atoms with van der Waals surface area (Å²) < 4.78 is 10.1. The van der Waals surface area contributed by atoms with Gasteiger partial charge in [0.25, 0.3) is 0 Å². The third-order valence-electron chi connectivity index (χ3n) is 2.29. The zero-order valence-electron chi connectivity index (χ0n) is 9.14. The minimum atomic E-state index is -1.07. The van der Waals surface area contributed by atoms with Crippen LogP contribution < -0.4 is 9.47 Å². The van der Waals surface area contributed by atoms with Crippen LogP contribution in [0.1, 0.15) is 11.5 Å². The summed E-state index contributed by atoms with van der Waals surface area (Å²) in [7, 11) is 2.97. The second kappa shape index (κ2) is 5.37. The molecule has 0 aliphatic carbocycles. The molecule has 0 saturated carbocycles. The minimum absolute atomic E-state index is 0.444. The molecule has 5 nitrogen and oxygen atoms in total. The lowest BCUT2D eigenvalue weighted by Gasteiger charge is -2.13. The highest BCUT2D eigenvalue weighted by Gasteiger charge is 2.20. The quantitative estimate of drug-likeness (QED) is 0.778. The van der Waals surface area contributed by atoms with Gasteiger partial charge >= 0.3 is 5.97 Å². The van der Waals surface area contributed by atoms with Crippen molar-refractivity contribution < 1.29 is 24.5 Å². The maximum absolute atomic E-state index is 10.9. The Hall–Kier alpha value is -1.75. The Bertz CT molecular complexity index is 375. The van der Waals surface area contributed by atoms with Crippen molar-refractivity contribution in [2.45, 2.75) is 5.92 Å². The monoisotopic (exact) mass is 226 g/mol. The number of hydrogen-bond donors (Lipinski definition) is 2. The van der Waals surface area contributed by atoms with Gasteiger partial charge in [-0.25, -0.2) is 0 Å². The van der Waals surface area contributed by atoms with Crippen LogP contribution in [0, 0.1) is 0 Å². The molecule has 0 unspecified atom stereocenters. The van der Waals surface area contributed by atoms with E-state index in [1.165, 1.54) is 14.2 Å². The molecule has 0 fully saturated rings. The summed E-state index contributed by atoms with van der Waals surface area (Å²) >= 11 is 0. The fraction of sp³-hybridized carbons (Fsp3) is 0.364. The first-order chi connectivity index (χ1) is 7.63. The lowest BCUT2D eigenvalue weighted by molar-refractivity contribution is -0.139. The Kier molecular flexibility index (Phi) is 4.13. The molecule has 0 spiro atoms. The average Bonchev–Trinajstić information content (AvgIpc) is 2.29. The number of carboxylic acid groups (broad SMARTS) is 1. The minimum Gasteiger partial charge on any atom is -0.493 e. The van der Waals surface area contributed by atoms with Gasteiger partial charge in [-0.1, -0.05) is 6.07 Å². The van der Waals surface area contributed by atoms with E-state index in [2.05, 4.69) is 0 Å². The van der Waals surface area contributed by atoms with Crippen molar-refractivity contribution in [2.24, 2.45) is 0 Å². The predicted molar refractivity (Wildman–Crippen MR) is 57.0 cm³/mol. The van der Waals surface area contributed by atoms with E-state index in [0.29, 0.717) is 17.1 Å². The van der Waals surface area contributed by atoms with Crippen LogP contribution in [0.2, 0.25) is 0 Å². The van der Waals surface area contributed by atoms with Crippen LogP contribution in [-0.2, 0) is 4.79 Å². The highest BCUT2D eigenvalue weighted by molar-refractivity contribution is 5.76. The van der Waals surface area contributed by atoms with Crippen molar-refractivity contribution in [1.29, 1.82) is 0 Å². The third kappa shape index (κ3) is 2.43. The zero-order chi connectivity index (χ0) is 12.1. The fourth-order valence-electron chi connectivity index (χ4n) is 1.40. The van der Waals surface area contributed by atoms with Crippen molar-refractivity contribution in [1.82, 2.24) is 0 Å². The van der Waals surface area contributed by atoms with Crippen LogP contribution in [0.15, 0.2) is 18.2 Å². The molecule has 0 saturated heterocycles. The molecule has 1 rings (SSSR count). The predicted octanol–water partition coefficient (Wildman–Crippen LogP) is 0.864. The van der Waals surface area contributed by atoms with Crippen LogP contribution in [0.5, 0.6) is 11.5 Å². The Morgan fingerprint density at radius 2 is 1.94 bits per heavy atom. The molecule has 0 bridgehead atoms. The van der Waals surface area contributed by atoms with Gasteiger partial charge in [0.2, 0.25) is 0 Å². The summed E-state index contributed by atoms with van der Waals surface area (Å²) in [4.78, 5) is 10.9. The van der Waals surface area contributed by atoms with Crippen LogP contribution in [0.3, 0.4) is 0 Å². The van der Waals surface area contributed by atoms with Crippen molar-refractivity contribution in [3.05, 3.63) is 23.8 Å². The summed E-state index contributed by atoms with van der Waals surface area (Å²) in [5, 5.41) is 17.9. The molecule has 0 aliphatic rings. The van der Waals surface area contributed by atoms with E-state index in [9.17, 15) is 4.79 Å². The molecule has 0 radical (unpaired) electrons. The van der Waals surface area contributed by atoms with Gasteiger partial charge in [-0.05, 0) is 17.7 Å². The summed E-state index contributed by atoms with van der Waals surface area (Å²) in [5.74, 6) is -1.05. The molecule has 0 heterocycles. The largest absolute Gasteiger partial charge is 0.493 e. The Balaban J connectivity index is 3.11. The van der Waals surface area contributed by atoms with Gasteiger partial charge in [-0.3, -0.25) is 4.79 Å². The summed E-state index contributed by atoms with van der Waals surface area (Å²) in [6.07, 6.45) is 0. The number of hydrogen-bond acceptors (Lipinski definition) is 4. The molecule has 0 aromatic heterocycles. The first-order valence-corrected chi connectivity index (χ1v) is 4.69. The highest BCUT2D eigenvalue weighted by atomic mass is 16.5. The van der Waals surface area contributed by atoms with Crippen LogP contribution >= 0.6 is 0 Å². The van der Waals surface area contributed by atoms with Crippen LogP contribution in [-0.4, -0.2) is 37.0 Å². The highest BCUT2D eigenvalue weighted by Crippen LogP contribution is 2.30. The SMILES string of the molecule is COc1ccc([C@H](CO)C(=O)O)cc1OC. The van der Waals surface area contributed by atoms with Gasteiger partial charge in [-0.2, -0.15) is 0 Å². The van der Waals surface area contributed by atoms with Gasteiger partial charge < -0.3 is 19.7 Å². The Morgan fingerprint density at radius 3 is 2.38 bits per heavy atom. The normalized spacial score (nSPS) is 11.9. The van der Waals surface area contributed by atoms with E-state index in [0.717, 1.165) is 0 Å². The van der Waals surface area contributed by atoms with E-state index in [1.54, 1.807) is 18.2 Å². The number of rotatable bonds is 5. The zero-order valence-corrected chi connectivity index (χ0v) is 9.14. The van der Waals surface area contributed by atoms with Crippen molar-refractivity contribution in [2.75, 3.05) is 20.8 Å². The van der Waals surface area contributed by atoms with Crippen molar-refractivity contribution in [3.63, 3.8) is 0 Å². The second-order valence-corrected chi connectivity index (χ2v) is 3.19. The number of carboxylic acids is 1. The van der Waals surface area contributed by atoms with Gasteiger partial charge in [0.15, 0.2) is 11.5 Å². The first kappa shape index (κ1) is 12.3. The van der Waals surface area contributed by atoms with Gasteiger partial charge in [-0.15, -0.1) is 0 Å². The molecule has 0 aliphatic heterocycles. The topological polar surface area (TPSA) is 76.0 Å². The molecule has 1 atom stereocenters. The number of aliphatic hydroxyl groups is 1. The van der Waals surface area contributed by atoms with E-state index >= 15 is 0 Å². The van der Waals surface area contributed by atoms with Gasteiger partial charge in [0.05, 0.1) is 20.8 Å². The lowest BCUT2D eigenvalue weighted by Crippen LogP contribution is -2.15. The molecule has 1 aromatic rings. The summed E-state index contributed by atoms with van der Waals surface area (Å²) in [6, 6.07) is 4.75. The molecular formula is C11H14O5. The average molecular weight is 226 g/mol. The molecular weight excluding hydrogens is 212 g/mol. The maximum atomic E-state index is 10.9. The molecule has 0 amide bonds. The standard InChI is InChI=1S/C11H14O5/c1-15-9-4-3-7(5-10(9)16-2)8(6-12)11(13)14/h3-5,8,12H,6H2,1-2H3,(H,13,14)/t8-/m0/s1. The molecule has 1 aromatic carbocycles. The Labute approximate surface area is 93.2 Å². The first-order valence-electron chi connectivity index (χ1n) is 4.69. The van der Waals surface area contributed by atoms with E-state index in [1.807, 2.05) is 0 Å². The molecule has 88 valence electrons. The smallest absolute Gasteiger partial charge is 0.313 e. The number of ether oxygens (including phenoxy) is 2. The van der Waals surface area contributed by atoms with Crippen LogP contribution in [0.25, 0.3) is 0 Å². The van der Waals surface area contributed by atoms with Gasteiger partial charge in [0.1, 0.15) is 5.92 Å². The lowest BCUT2D eigenvalue weighted by atomic mass is 10.00. The molecule has 5 heteroatoms. The Morgan fingerprint density at radius 1 is 1.31 bits per heavy atom. The summed E-state index contributed by atoms with van der Waals surface area (Å²) in [5.41, 5.74) is 0.479. The van der Waals surface area contributed by atoms with E-state index in [-0.39, 0.29) is 0 Å². The van der Waals surface area contributed by atoms with Crippen molar-refractivity contribution in [3.8, 4) is 11.5 Å². The number of aliphatic carboxylic acids is 1. The van der Waals surface area contributed by atoms with Crippen LogP contribution in [0.4, 0.5) is 0 Å². The maximum Gasteiger partial charge on any atom is 0.313 e. The number of methoxy groups -OCH3 is 2. The number of carbonyl (C=O) groups is 1. The van der Waals surface area contributed by atoms with E-state index in [4.69, 9.17) is 19.7 Å². The van der Waals surface area contributed by atoms with E-state index < -0.39 is 18.5 Å². The van der Waals surface area contributed by atoms with Crippen molar-refractivity contribution >= 4 is 5.97 Å². The second-order valence-electron chi connectivity index (χ2n) is 3.19. The number of benzene rings is 1. The third-order valence-corrected chi connectivity index (χ3v) is 2.29. The molecule has 16 heavy (non-hydrogen) atoms.